The minimum atomic E-state index is 0.983. The molecule has 1 nitrogen and oxygen atoms in total. The number of unbranched alkanes of at least 4 members (excludes halogenated alkanes) is 1. The lowest BCUT2D eigenvalue weighted by Crippen LogP contribution is -2.20. The van der Waals surface area contributed by atoms with Crippen LogP contribution in [0, 0.1) is 0 Å². The van der Waals surface area contributed by atoms with Gasteiger partial charge in [0.15, 0.2) is 0 Å². The van der Waals surface area contributed by atoms with E-state index in [2.05, 4.69) is 24.0 Å². The van der Waals surface area contributed by atoms with Crippen LogP contribution in [0.25, 0.3) is 0 Å². The molecule has 0 heterocycles. The van der Waals surface area contributed by atoms with E-state index in [1.807, 2.05) is 0 Å². The van der Waals surface area contributed by atoms with E-state index < -0.39 is 0 Å². The molecule has 1 aliphatic rings. The topological polar surface area (TPSA) is 12.0 Å². The molecule has 0 aromatic heterocycles. The van der Waals surface area contributed by atoms with Crippen LogP contribution in [0.15, 0.2) is 0 Å². The first kappa shape index (κ1) is 12.4. The molecule has 84 valence electrons. The van der Waals surface area contributed by atoms with Crippen LogP contribution in [0.2, 0.25) is 0 Å². The van der Waals surface area contributed by atoms with E-state index in [1.54, 1.807) is 0 Å². The lowest BCUT2D eigenvalue weighted by Gasteiger charge is -2.20. The Balaban J connectivity index is 1.82. The quantitative estimate of drug-likeness (QED) is 0.653. The van der Waals surface area contributed by atoms with Gasteiger partial charge in [-0.05, 0) is 25.8 Å². The number of rotatable bonds is 7. The Morgan fingerprint density at radius 2 is 1.93 bits per heavy atom. The molecular formula is C12H25NS. The summed E-state index contributed by atoms with van der Waals surface area (Å²) in [7, 11) is 0. The first-order valence-corrected chi connectivity index (χ1v) is 7.30. The summed E-state index contributed by atoms with van der Waals surface area (Å²) >= 11 is 2.19. The van der Waals surface area contributed by atoms with Crippen molar-refractivity contribution in [1.29, 1.82) is 0 Å². The fourth-order valence-electron chi connectivity index (χ4n) is 1.96. The molecule has 1 fully saturated rings. The molecule has 2 heteroatoms. The van der Waals surface area contributed by atoms with Crippen LogP contribution in [0.1, 0.15) is 51.9 Å². The second-order valence-electron chi connectivity index (χ2n) is 4.23. The van der Waals surface area contributed by atoms with Crippen molar-refractivity contribution in [3.05, 3.63) is 0 Å². The first-order chi connectivity index (χ1) is 6.93. The van der Waals surface area contributed by atoms with Gasteiger partial charge in [-0.25, -0.2) is 0 Å². The van der Waals surface area contributed by atoms with Gasteiger partial charge in [-0.2, -0.15) is 11.8 Å². The zero-order valence-electron chi connectivity index (χ0n) is 9.56. The SMILES string of the molecule is CCCCNCCSC1CCCCC1. The molecule has 0 atom stereocenters. The molecule has 0 bridgehead atoms. The highest BCUT2D eigenvalue weighted by Gasteiger charge is 2.12. The molecule has 1 saturated carbocycles. The maximum absolute atomic E-state index is 3.51. The largest absolute Gasteiger partial charge is 0.316 e. The minimum absolute atomic E-state index is 0.983. The van der Waals surface area contributed by atoms with Crippen molar-refractivity contribution in [3.8, 4) is 0 Å². The van der Waals surface area contributed by atoms with E-state index in [-0.39, 0.29) is 0 Å². The van der Waals surface area contributed by atoms with Crippen molar-refractivity contribution < 1.29 is 0 Å². The summed E-state index contributed by atoms with van der Waals surface area (Å²) in [6.45, 7) is 4.67. The Bertz CT molecular complexity index is 121. The Morgan fingerprint density at radius 3 is 2.64 bits per heavy atom. The normalized spacial score (nSPS) is 18.6. The fourth-order valence-corrected chi connectivity index (χ4v) is 3.22. The van der Waals surface area contributed by atoms with Crippen LogP contribution in [-0.4, -0.2) is 24.1 Å². The average molecular weight is 215 g/mol. The zero-order valence-corrected chi connectivity index (χ0v) is 10.4. The average Bonchev–Trinajstić information content (AvgIpc) is 2.25. The Hall–Kier alpha value is 0.310. The van der Waals surface area contributed by atoms with Crippen molar-refractivity contribution in [1.82, 2.24) is 5.32 Å². The lowest BCUT2D eigenvalue weighted by atomic mass is 10.0. The second kappa shape index (κ2) is 8.60. The third kappa shape index (κ3) is 5.92. The van der Waals surface area contributed by atoms with Crippen molar-refractivity contribution in [2.45, 2.75) is 57.1 Å². The van der Waals surface area contributed by atoms with Crippen molar-refractivity contribution in [2.24, 2.45) is 0 Å². The lowest BCUT2D eigenvalue weighted by molar-refractivity contribution is 0.515. The van der Waals surface area contributed by atoms with Gasteiger partial charge in [0.1, 0.15) is 0 Å². The Labute approximate surface area is 93.4 Å². The standard InChI is InChI=1S/C12H25NS/c1-2-3-9-13-10-11-14-12-7-5-4-6-8-12/h12-13H,2-11H2,1H3. The van der Waals surface area contributed by atoms with E-state index in [1.165, 1.54) is 63.8 Å². The summed E-state index contributed by atoms with van der Waals surface area (Å²) in [5.74, 6) is 1.31. The van der Waals surface area contributed by atoms with Crippen LogP contribution < -0.4 is 5.32 Å². The molecule has 0 spiro atoms. The highest BCUT2D eigenvalue weighted by atomic mass is 32.2. The van der Waals surface area contributed by atoms with Gasteiger partial charge in [0.05, 0.1) is 0 Å². The molecule has 0 unspecified atom stereocenters. The van der Waals surface area contributed by atoms with Crippen molar-refractivity contribution in [2.75, 3.05) is 18.8 Å². The van der Waals surface area contributed by atoms with Crippen LogP contribution in [0.5, 0.6) is 0 Å². The summed E-state index contributed by atoms with van der Waals surface area (Å²) in [5.41, 5.74) is 0. The predicted molar refractivity (Wildman–Crippen MR) is 67.1 cm³/mol. The maximum atomic E-state index is 3.51. The first-order valence-electron chi connectivity index (χ1n) is 6.26. The maximum Gasteiger partial charge on any atom is 0.00608 e. The third-order valence-corrected chi connectivity index (χ3v) is 4.27. The van der Waals surface area contributed by atoms with Crippen molar-refractivity contribution >= 4 is 11.8 Å². The Morgan fingerprint density at radius 1 is 1.14 bits per heavy atom. The Kier molecular flexibility index (Phi) is 7.61. The minimum Gasteiger partial charge on any atom is -0.316 e. The van der Waals surface area contributed by atoms with E-state index >= 15 is 0 Å². The molecule has 0 radical (unpaired) electrons. The molecule has 1 aliphatic carbocycles. The molecule has 1 rings (SSSR count). The van der Waals surface area contributed by atoms with Gasteiger partial charge in [0, 0.05) is 17.5 Å². The van der Waals surface area contributed by atoms with Gasteiger partial charge in [-0.15, -0.1) is 0 Å². The van der Waals surface area contributed by atoms with E-state index in [9.17, 15) is 0 Å². The van der Waals surface area contributed by atoms with Gasteiger partial charge in [0.25, 0.3) is 0 Å². The van der Waals surface area contributed by atoms with E-state index in [4.69, 9.17) is 0 Å². The van der Waals surface area contributed by atoms with Gasteiger partial charge in [0.2, 0.25) is 0 Å². The van der Waals surface area contributed by atoms with Gasteiger partial charge in [-0.1, -0.05) is 32.6 Å². The third-order valence-electron chi connectivity index (χ3n) is 2.89. The summed E-state index contributed by atoms with van der Waals surface area (Å²) in [6.07, 6.45) is 10.0. The van der Waals surface area contributed by atoms with Crippen LogP contribution in [0.3, 0.4) is 0 Å². The summed E-state index contributed by atoms with van der Waals surface area (Å²) in [4.78, 5) is 0. The number of nitrogens with one attached hydrogen (secondary N) is 1. The molecule has 0 aromatic carbocycles. The molecule has 0 amide bonds. The number of hydrogen-bond donors (Lipinski definition) is 1. The molecule has 0 aliphatic heterocycles. The highest BCUT2D eigenvalue weighted by molar-refractivity contribution is 7.99. The number of thioether (sulfide) groups is 1. The monoisotopic (exact) mass is 215 g/mol. The van der Waals surface area contributed by atoms with Gasteiger partial charge < -0.3 is 5.32 Å². The second-order valence-corrected chi connectivity index (χ2v) is 5.64. The highest BCUT2D eigenvalue weighted by Crippen LogP contribution is 2.27. The van der Waals surface area contributed by atoms with Crippen LogP contribution in [0.4, 0.5) is 0 Å². The summed E-state index contributed by atoms with van der Waals surface area (Å²) in [6, 6.07) is 0. The molecular weight excluding hydrogens is 190 g/mol. The molecule has 1 N–H and O–H groups in total. The molecule has 14 heavy (non-hydrogen) atoms. The molecule has 0 aromatic rings. The smallest absolute Gasteiger partial charge is 0.00608 e. The predicted octanol–water partition coefficient (Wildman–Crippen LogP) is 3.44. The summed E-state index contributed by atoms with van der Waals surface area (Å²) < 4.78 is 0. The number of hydrogen-bond acceptors (Lipinski definition) is 2. The summed E-state index contributed by atoms with van der Waals surface area (Å²) in [5, 5.41) is 4.49. The van der Waals surface area contributed by atoms with E-state index in [0.29, 0.717) is 0 Å². The van der Waals surface area contributed by atoms with Crippen molar-refractivity contribution in [3.63, 3.8) is 0 Å². The van der Waals surface area contributed by atoms with Gasteiger partial charge >= 0.3 is 0 Å². The molecule has 0 saturated heterocycles. The van der Waals surface area contributed by atoms with Crippen LogP contribution in [-0.2, 0) is 0 Å². The van der Waals surface area contributed by atoms with Crippen LogP contribution >= 0.6 is 11.8 Å². The fraction of sp³-hybridized carbons (Fsp3) is 1.00. The van der Waals surface area contributed by atoms with E-state index in [0.717, 1.165) is 5.25 Å². The zero-order chi connectivity index (χ0) is 10.1. The van der Waals surface area contributed by atoms with Gasteiger partial charge in [-0.3, -0.25) is 0 Å².